The molecule has 0 aliphatic heterocycles. The highest BCUT2D eigenvalue weighted by Gasteiger charge is 2.16. The third-order valence-corrected chi connectivity index (χ3v) is 3.56. The molecule has 1 rings (SSSR count). The molecule has 4 nitrogen and oxygen atoms in total. The lowest BCUT2D eigenvalue weighted by molar-refractivity contribution is -0.141. The molecule has 5 heteroatoms. The fraction of sp³-hybridized carbons (Fsp3) is 0.467. The van der Waals surface area contributed by atoms with Crippen LogP contribution in [-0.4, -0.2) is 23.0 Å². The van der Waals surface area contributed by atoms with E-state index in [1.54, 1.807) is 6.92 Å². The minimum Gasteiger partial charge on any atom is -0.480 e. The van der Waals surface area contributed by atoms with Gasteiger partial charge in [-0.25, -0.2) is 4.79 Å². The average molecular weight is 298 g/mol. The van der Waals surface area contributed by atoms with E-state index in [-0.39, 0.29) is 5.91 Å². The fourth-order valence-electron chi connectivity index (χ4n) is 1.92. The molecular weight excluding hydrogens is 278 g/mol. The summed E-state index contributed by atoms with van der Waals surface area (Å²) in [6, 6.07) is 5.01. The number of carbonyl (C=O) groups excluding carboxylic acids is 1. The van der Waals surface area contributed by atoms with Gasteiger partial charge >= 0.3 is 5.97 Å². The van der Waals surface area contributed by atoms with E-state index in [0.717, 1.165) is 22.6 Å². The van der Waals surface area contributed by atoms with Crippen molar-refractivity contribution >= 4 is 23.5 Å². The van der Waals surface area contributed by atoms with E-state index in [1.165, 1.54) is 0 Å². The summed E-state index contributed by atoms with van der Waals surface area (Å²) in [7, 11) is 0. The Labute approximate surface area is 124 Å². The van der Waals surface area contributed by atoms with Gasteiger partial charge in [0.05, 0.1) is 0 Å². The molecule has 0 saturated heterocycles. The quantitative estimate of drug-likeness (QED) is 0.813. The van der Waals surface area contributed by atoms with Gasteiger partial charge in [-0.3, -0.25) is 4.79 Å². The first-order valence-corrected chi connectivity index (χ1v) is 7.09. The summed E-state index contributed by atoms with van der Waals surface area (Å²) < 4.78 is 0. The Bertz CT molecular complexity index is 488. The van der Waals surface area contributed by atoms with Gasteiger partial charge in [-0.1, -0.05) is 30.7 Å². The van der Waals surface area contributed by atoms with Crippen LogP contribution >= 0.6 is 11.6 Å². The average Bonchev–Trinajstić information content (AvgIpc) is 2.39. The zero-order valence-corrected chi connectivity index (χ0v) is 12.5. The maximum atomic E-state index is 11.6. The van der Waals surface area contributed by atoms with Gasteiger partial charge in [0.2, 0.25) is 5.91 Å². The minimum absolute atomic E-state index is 0.218. The molecule has 0 aromatic heterocycles. The number of rotatable bonds is 7. The van der Waals surface area contributed by atoms with Gasteiger partial charge in [-0.15, -0.1) is 0 Å². The molecule has 0 aliphatic rings. The smallest absolute Gasteiger partial charge is 0.326 e. The van der Waals surface area contributed by atoms with Crippen molar-refractivity contribution in [2.45, 2.75) is 45.6 Å². The van der Waals surface area contributed by atoms with Crippen LogP contribution in [0.15, 0.2) is 18.2 Å². The molecule has 0 heterocycles. The van der Waals surface area contributed by atoms with Crippen molar-refractivity contribution in [1.82, 2.24) is 5.32 Å². The third kappa shape index (κ3) is 5.21. The predicted molar refractivity (Wildman–Crippen MR) is 79.0 cm³/mol. The first kappa shape index (κ1) is 16.5. The van der Waals surface area contributed by atoms with Crippen LogP contribution < -0.4 is 5.32 Å². The van der Waals surface area contributed by atoms with E-state index in [4.69, 9.17) is 16.7 Å². The molecular formula is C15H20ClNO3. The largest absolute Gasteiger partial charge is 0.480 e. The maximum absolute atomic E-state index is 11.6. The highest BCUT2D eigenvalue weighted by atomic mass is 35.5. The van der Waals surface area contributed by atoms with Crippen LogP contribution in [0.2, 0.25) is 5.02 Å². The Morgan fingerprint density at radius 2 is 2.10 bits per heavy atom. The van der Waals surface area contributed by atoms with Crippen LogP contribution in [0.1, 0.15) is 37.3 Å². The number of hydrogen-bond donors (Lipinski definition) is 2. The molecule has 2 N–H and O–H groups in total. The Morgan fingerprint density at radius 1 is 1.40 bits per heavy atom. The second-order valence-corrected chi connectivity index (χ2v) is 5.21. The number of benzene rings is 1. The molecule has 1 aromatic carbocycles. The number of carboxylic acids is 1. The van der Waals surface area contributed by atoms with E-state index < -0.39 is 12.0 Å². The standard InChI is InChI=1S/C15H20ClNO3/c1-3-13(15(19)20)17-14(18)6-4-5-11-7-8-12(16)10(2)9-11/h7-9,13H,3-6H2,1-2H3,(H,17,18)(H,19,20). The van der Waals surface area contributed by atoms with Gasteiger partial charge in [0.15, 0.2) is 0 Å². The lowest BCUT2D eigenvalue weighted by Gasteiger charge is -2.12. The van der Waals surface area contributed by atoms with Crippen LogP contribution in [0.3, 0.4) is 0 Å². The van der Waals surface area contributed by atoms with Crippen LogP contribution in [0.25, 0.3) is 0 Å². The SMILES string of the molecule is CCC(NC(=O)CCCc1ccc(Cl)c(C)c1)C(=O)O. The monoisotopic (exact) mass is 297 g/mol. The molecule has 0 aliphatic carbocycles. The molecule has 0 radical (unpaired) electrons. The second-order valence-electron chi connectivity index (χ2n) is 4.80. The molecule has 1 aromatic rings. The number of aryl methyl sites for hydroxylation is 2. The fourth-order valence-corrected chi connectivity index (χ4v) is 2.04. The van der Waals surface area contributed by atoms with E-state index in [0.29, 0.717) is 19.3 Å². The number of carboxylic acid groups (broad SMARTS) is 1. The van der Waals surface area contributed by atoms with Crippen LogP contribution in [0, 0.1) is 6.92 Å². The Kier molecular flexibility index (Phi) is 6.52. The van der Waals surface area contributed by atoms with Gasteiger partial charge in [-0.05, 0) is 43.4 Å². The maximum Gasteiger partial charge on any atom is 0.326 e. The number of hydrogen-bond acceptors (Lipinski definition) is 2. The van der Waals surface area contributed by atoms with Crippen molar-refractivity contribution < 1.29 is 14.7 Å². The highest BCUT2D eigenvalue weighted by Crippen LogP contribution is 2.17. The molecule has 1 atom stereocenters. The number of aliphatic carboxylic acids is 1. The van der Waals surface area contributed by atoms with E-state index in [1.807, 2.05) is 25.1 Å². The second kappa shape index (κ2) is 7.90. The molecule has 1 unspecified atom stereocenters. The van der Waals surface area contributed by atoms with Gasteiger partial charge in [0.25, 0.3) is 0 Å². The summed E-state index contributed by atoms with van der Waals surface area (Å²) in [5.74, 6) is -1.21. The normalized spacial score (nSPS) is 11.9. The van der Waals surface area contributed by atoms with Crippen molar-refractivity contribution in [2.75, 3.05) is 0 Å². The molecule has 110 valence electrons. The van der Waals surface area contributed by atoms with E-state index in [2.05, 4.69) is 5.32 Å². The van der Waals surface area contributed by atoms with Crippen LogP contribution in [0.4, 0.5) is 0 Å². The molecule has 0 spiro atoms. The summed E-state index contributed by atoms with van der Waals surface area (Å²) >= 11 is 5.95. The van der Waals surface area contributed by atoms with Crippen molar-refractivity contribution in [2.24, 2.45) is 0 Å². The summed E-state index contributed by atoms with van der Waals surface area (Å²) in [4.78, 5) is 22.4. The number of carbonyl (C=O) groups is 2. The molecule has 20 heavy (non-hydrogen) atoms. The summed E-state index contributed by atoms with van der Waals surface area (Å²) in [5.41, 5.74) is 2.15. The highest BCUT2D eigenvalue weighted by molar-refractivity contribution is 6.31. The molecule has 0 fully saturated rings. The summed E-state index contributed by atoms with van der Waals surface area (Å²) in [6.45, 7) is 3.67. The Hall–Kier alpha value is -1.55. The summed E-state index contributed by atoms with van der Waals surface area (Å²) in [5, 5.41) is 12.1. The Morgan fingerprint density at radius 3 is 2.65 bits per heavy atom. The number of amides is 1. The zero-order chi connectivity index (χ0) is 15.1. The number of halogens is 1. The van der Waals surface area contributed by atoms with Gasteiger partial charge in [0.1, 0.15) is 6.04 Å². The number of nitrogens with one attached hydrogen (secondary N) is 1. The molecule has 0 saturated carbocycles. The van der Waals surface area contributed by atoms with Crippen LogP contribution in [0.5, 0.6) is 0 Å². The van der Waals surface area contributed by atoms with Crippen molar-refractivity contribution in [3.8, 4) is 0 Å². The zero-order valence-electron chi connectivity index (χ0n) is 11.8. The molecule has 0 bridgehead atoms. The van der Waals surface area contributed by atoms with Crippen LogP contribution in [-0.2, 0) is 16.0 Å². The predicted octanol–water partition coefficient (Wildman–Crippen LogP) is 2.95. The van der Waals surface area contributed by atoms with E-state index in [9.17, 15) is 9.59 Å². The topological polar surface area (TPSA) is 66.4 Å². The first-order chi connectivity index (χ1) is 9.43. The minimum atomic E-state index is -0.992. The van der Waals surface area contributed by atoms with Crippen molar-refractivity contribution in [1.29, 1.82) is 0 Å². The van der Waals surface area contributed by atoms with Crippen molar-refractivity contribution in [3.05, 3.63) is 34.3 Å². The van der Waals surface area contributed by atoms with Gasteiger partial charge in [0, 0.05) is 11.4 Å². The lowest BCUT2D eigenvalue weighted by Crippen LogP contribution is -2.40. The van der Waals surface area contributed by atoms with Gasteiger partial charge in [-0.2, -0.15) is 0 Å². The van der Waals surface area contributed by atoms with Gasteiger partial charge < -0.3 is 10.4 Å². The summed E-state index contributed by atoms with van der Waals surface area (Å²) in [6.07, 6.45) is 2.17. The first-order valence-electron chi connectivity index (χ1n) is 6.71. The van der Waals surface area contributed by atoms with Crippen molar-refractivity contribution in [3.63, 3.8) is 0 Å². The lowest BCUT2D eigenvalue weighted by atomic mass is 10.1. The van der Waals surface area contributed by atoms with E-state index >= 15 is 0 Å². The Balaban J connectivity index is 2.38. The molecule has 1 amide bonds. The third-order valence-electron chi connectivity index (χ3n) is 3.13.